The molecule has 104 valence electrons. The summed E-state index contributed by atoms with van der Waals surface area (Å²) in [5, 5.41) is 37.8. The average molecular weight is 286 g/mol. The summed E-state index contributed by atoms with van der Waals surface area (Å²) >= 11 is 0. The van der Waals surface area contributed by atoms with Crippen LogP contribution < -0.4 is 0 Å². The summed E-state index contributed by atoms with van der Waals surface area (Å²) in [4.78, 5) is 21.6. The van der Waals surface area contributed by atoms with E-state index >= 15 is 0 Å². The van der Waals surface area contributed by atoms with Crippen molar-refractivity contribution in [3.05, 3.63) is 46.6 Å². The Balaban J connectivity index is 3.66. The molecule has 0 atom stereocenters. The van der Waals surface area contributed by atoms with Gasteiger partial charge in [-0.05, 0) is 0 Å². The molecule has 1 heterocycles. The fourth-order valence-corrected chi connectivity index (χ4v) is 5.44. The van der Waals surface area contributed by atoms with Crippen LogP contribution in [0.25, 0.3) is 0 Å². The zero-order chi connectivity index (χ0) is 14.8. The van der Waals surface area contributed by atoms with Gasteiger partial charge in [0.1, 0.15) is 9.81 Å². The number of hydrogen-bond donors (Lipinski definition) is 4. The van der Waals surface area contributed by atoms with Gasteiger partial charge in [-0.1, -0.05) is 12.2 Å². The van der Waals surface area contributed by atoms with Crippen molar-refractivity contribution in [1.29, 1.82) is 0 Å². The summed E-state index contributed by atoms with van der Waals surface area (Å²) in [7, 11) is -2.62. The topological polar surface area (TPSA) is 115 Å². The van der Waals surface area contributed by atoms with E-state index in [0.717, 1.165) is 0 Å². The predicted molar refractivity (Wildman–Crippen MR) is 72.3 cm³/mol. The first-order valence-corrected chi connectivity index (χ1v) is 7.14. The highest BCUT2D eigenvalue weighted by molar-refractivity contribution is 8.41. The highest BCUT2D eigenvalue weighted by Crippen LogP contribution is 2.67. The Hall–Kier alpha value is -2.15. The summed E-state index contributed by atoms with van der Waals surface area (Å²) in [6.07, 6.45) is 2.74. The van der Waals surface area contributed by atoms with Gasteiger partial charge in [-0.2, -0.15) is 10.0 Å². The molecule has 0 aliphatic carbocycles. The monoisotopic (exact) mass is 286 g/mol. The van der Waals surface area contributed by atoms with Crippen molar-refractivity contribution in [2.75, 3.05) is 11.5 Å². The second kappa shape index (κ2) is 5.23. The fraction of sp³-hybridized carbons (Fsp3) is 0.167. The lowest BCUT2D eigenvalue weighted by atomic mass is 10.3. The lowest BCUT2D eigenvalue weighted by Crippen LogP contribution is -2.19. The maximum atomic E-state index is 11.3. The number of aliphatic hydroxyl groups excluding tert-OH is 2. The molecule has 0 amide bonds. The maximum absolute atomic E-state index is 11.3. The Morgan fingerprint density at radius 1 is 0.947 bits per heavy atom. The van der Waals surface area contributed by atoms with E-state index in [2.05, 4.69) is 13.2 Å². The van der Waals surface area contributed by atoms with Crippen molar-refractivity contribution < 1.29 is 30.0 Å². The van der Waals surface area contributed by atoms with Crippen LogP contribution in [-0.2, 0) is 9.59 Å². The van der Waals surface area contributed by atoms with Gasteiger partial charge < -0.3 is 20.4 Å². The molecule has 0 aromatic rings. The molecule has 0 saturated carbocycles. The third kappa shape index (κ3) is 2.12. The second-order valence-electron chi connectivity index (χ2n) is 3.76. The second-order valence-corrected chi connectivity index (χ2v) is 7.01. The van der Waals surface area contributed by atoms with Gasteiger partial charge in [0.15, 0.2) is 11.5 Å². The van der Waals surface area contributed by atoms with Crippen LogP contribution in [0.1, 0.15) is 0 Å². The molecule has 0 fully saturated rings. The van der Waals surface area contributed by atoms with Crippen LogP contribution in [0.5, 0.6) is 0 Å². The van der Waals surface area contributed by atoms with Crippen molar-refractivity contribution in [3.63, 3.8) is 0 Å². The highest BCUT2D eigenvalue weighted by Gasteiger charge is 2.48. The molecule has 0 radical (unpaired) electrons. The molecule has 4 N–H and O–H groups in total. The zero-order valence-corrected chi connectivity index (χ0v) is 10.8. The average Bonchev–Trinajstić information content (AvgIpc) is 2.48. The minimum atomic E-state index is -2.62. The van der Waals surface area contributed by atoms with Crippen molar-refractivity contribution >= 4 is 22.0 Å². The number of carboxylic acid groups (broad SMARTS) is 2. The van der Waals surface area contributed by atoms with E-state index in [0.29, 0.717) is 0 Å². The Bertz CT molecular complexity index is 480. The minimum Gasteiger partial charge on any atom is -0.503 e. The zero-order valence-electron chi connectivity index (χ0n) is 10.00. The Morgan fingerprint density at radius 2 is 1.26 bits per heavy atom. The third-order valence-electron chi connectivity index (χ3n) is 2.63. The fourth-order valence-electron chi connectivity index (χ4n) is 2.03. The van der Waals surface area contributed by atoms with Gasteiger partial charge in [0.05, 0.1) is 0 Å². The summed E-state index contributed by atoms with van der Waals surface area (Å²) in [5.74, 6) is -4.64. The van der Waals surface area contributed by atoms with Crippen LogP contribution in [0, 0.1) is 0 Å². The lowest BCUT2D eigenvalue weighted by molar-refractivity contribution is -0.132. The van der Waals surface area contributed by atoms with Gasteiger partial charge in [0, 0.05) is 11.5 Å². The van der Waals surface area contributed by atoms with E-state index in [1.807, 2.05) is 0 Å². The number of aliphatic hydroxyl groups is 2. The molecule has 0 unspecified atom stereocenters. The van der Waals surface area contributed by atoms with Crippen molar-refractivity contribution in [1.82, 2.24) is 0 Å². The number of aliphatic carboxylic acids is 2. The maximum Gasteiger partial charge on any atom is 0.344 e. The molecule has 1 aliphatic rings. The van der Waals surface area contributed by atoms with E-state index < -0.39 is 43.3 Å². The van der Waals surface area contributed by atoms with Crippen LogP contribution in [0.15, 0.2) is 46.6 Å². The first-order chi connectivity index (χ1) is 8.83. The van der Waals surface area contributed by atoms with Gasteiger partial charge in [-0.15, -0.1) is 13.2 Å². The molecule has 1 aliphatic heterocycles. The van der Waals surface area contributed by atoms with Gasteiger partial charge >= 0.3 is 11.9 Å². The van der Waals surface area contributed by atoms with Crippen LogP contribution in [0.4, 0.5) is 0 Å². The van der Waals surface area contributed by atoms with Gasteiger partial charge in [-0.25, -0.2) is 9.59 Å². The Morgan fingerprint density at radius 3 is 1.47 bits per heavy atom. The first-order valence-electron chi connectivity index (χ1n) is 5.17. The van der Waals surface area contributed by atoms with E-state index in [4.69, 9.17) is 0 Å². The normalized spacial score (nSPS) is 19.2. The highest BCUT2D eigenvalue weighted by atomic mass is 32.3. The third-order valence-corrected chi connectivity index (χ3v) is 6.54. The molecule has 1 rings (SSSR count). The smallest absolute Gasteiger partial charge is 0.344 e. The molecular formula is C12H14O6S. The van der Waals surface area contributed by atoms with Gasteiger partial charge in [0.2, 0.25) is 0 Å². The summed E-state index contributed by atoms with van der Waals surface area (Å²) in [6.45, 7) is 6.96. The van der Waals surface area contributed by atoms with Crippen LogP contribution in [-0.4, -0.2) is 43.9 Å². The van der Waals surface area contributed by atoms with Crippen LogP contribution in [0.3, 0.4) is 0 Å². The molecule has 0 bridgehead atoms. The number of carbonyl (C=O) groups is 2. The minimum absolute atomic E-state index is 0.0242. The quantitative estimate of drug-likeness (QED) is 0.554. The number of hydrogen-bond acceptors (Lipinski definition) is 4. The molecule has 0 aromatic heterocycles. The molecule has 0 spiro atoms. The molecule has 7 heteroatoms. The molecule has 0 saturated heterocycles. The molecule has 19 heavy (non-hydrogen) atoms. The van der Waals surface area contributed by atoms with Crippen LogP contribution >= 0.6 is 10.0 Å². The SMILES string of the molecule is C=CCS1(CC=C)C(C(=O)O)=C(O)C(O)=C1C(=O)O. The van der Waals surface area contributed by atoms with E-state index in [-0.39, 0.29) is 11.5 Å². The Labute approximate surface area is 111 Å². The van der Waals surface area contributed by atoms with Gasteiger partial charge in [0.25, 0.3) is 0 Å². The first kappa shape index (κ1) is 14.9. The van der Waals surface area contributed by atoms with E-state index in [1.54, 1.807) is 0 Å². The summed E-state index contributed by atoms with van der Waals surface area (Å²) in [5.41, 5.74) is 0. The number of rotatable bonds is 6. The molecule has 6 nitrogen and oxygen atoms in total. The van der Waals surface area contributed by atoms with Crippen molar-refractivity contribution in [2.45, 2.75) is 0 Å². The van der Waals surface area contributed by atoms with E-state index in [9.17, 15) is 30.0 Å². The molecule has 0 aromatic carbocycles. The molecular weight excluding hydrogens is 272 g/mol. The van der Waals surface area contributed by atoms with Crippen molar-refractivity contribution in [2.24, 2.45) is 0 Å². The van der Waals surface area contributed by atoms with Crippen LogP contribution in [0.2, 0.25) is 0 Å². The Kier molecular flexibility index (Phi) is 4.10. The van der Waals surface area contributed by atoms with E-state index in [1.165, 1.54) is 12.2 Å². The predicted octanol–water partition coefficient (Wildman–Crippen LogP) is 1.89. The van der Waals surface area contributed by atoms with Gasteiger partial charge in [-0.3, -0.25) is 0 Å². The standard InChI is InChI=1S/C12H14O6S/c1-3-5-19(6-4-2)9(11(15)16)7(13)8(14)10(19)12(17)18/h3-4,13-14H,1-2,5-6H2,(H,15,16)(H,17,18). The number of carboxylic acids is 2. The largest absolute Gasteiger partial charge is 0.503 e. The lowest BCUT2D eigenvalue weighted by Gasteiger charge is -2.35. The summed E-state index contributed by atoms with van der Waals surface area (Å²) in [6, 6.07) is 0. The van der Waals surface area contributed by atoms with Crippen molar-refractivity contribution in [3.8, 4) is 0 Å². The summed E-state index contributed by atoms with van der Waals surface area (Å²) < 4.78 is 0.